The zero-order chi connectivity index (χ0) is 8.55. The first-order chi connectivity index (χ1) is 5.79. The maximum absolute atomic E-state index is 11.2. The lowest BCUT2D eigenvalue weighted by molar-refractivity contribution is 0.0480. The lowest BCUT2D eigenvalue weighted by Crippen LogP contribution is -2.17. The Kier molecular flexibility index (Phi) is 1.77. The second-order valence-corrected chi connectivity index (χ2v) is 3.07. The molecular formula is C9H7ClO2. The highest BCUT2D eigenvalue weighted by Crippen LogP contribution is 2.24. The van der Waals surface area contributed by atoms with Gasteiger partial charge in [-0.15, -0.1) is 0 Å². The zero-order valence-electron chi connectivity index (χ0n) is 6.34. The molecule has 0 amide bonds. The first-order valence-electron chi connectivity index (χ1n) is 3.73. The van der Waals surface area contributed by atoms with Crippen LogP contribution in [0, 0.1) is 0 Å². The summed E-state index contributed by atoms with van der Waals surface area (Å²) in [6.45, 7) is 0.464. The zero-order valence-corrected chi connectivity index (χ0v) is 7.10. The molecule has 62 valence electrons. The van der Waals surface area contributed by atoms with Crippen molar-refractivity contribution in [2.24, 2.45) is 0 Å². The molecule has 0 spiro atoms. The molecule has 0 fully saturated rings. The molecule has 0 atom stereocenters. The standard InChI is InChI=1S/C9H7ClO2/c10-7-3-1-2-6-4-5-12-9(11)8(6)7/h1-3H,4-5H2. The Morgan fingerprint density at radius 3 is 3.00 bits per heavy atom. The maximum Gasteiger partial charge on any atom is 0.339 e. The molecule has 0 saturated carbocycles. The molecule has 0 saturated heterocycles. The van der Waals surface area contributed by atoms with E-state index in [9.17, 15) is 4.79 Å². The fraction of sp³-hybridized carbons (Fsp3) is 0.222. The van der Waals surface area contributed by atoms with E-state index in [1.807, 2.05) is 12.1 Å². The Hall–Kier alpha value is -1.02. The van der Waals surface area contributed by atoms with Crippen molar-refractivity contribution in [2.75, 3.05) is 6.61 Å². The SMILES string of the molecule is O=C1OCCc2cccc(Cl)c21. The predicted molar refractivity (Wildman–Crippen MR) is 45.4 cm³/mol. The molecule has 1 aromatic rings. The molecule has 2 rings (SSSR count). The van der Waals surface area contributed by atoms with Crippen LogP contribution in [0.4, 0.5) is 0 Å². The summed E-state index contributed by atoms with van der Waals surface area (Å²) in [5, 5.41) is 0.484. The highest BCUT2D eigenvalue weighted by atomic mass is 35.5. The molecule has 1 heterocycles. The molecule has 3 heteroatoms. The number of hydrogen-bond acceptors (Lipinski definition) is 2. The highest BCUT2D eigenvalue weighted by Gasteiger charge is 2.20. The summed E-state index contributed by atoms with van der Waals surface area (Å²) in [7, 11) is 0. The predicted octanol–water partition coefficient (Wildman–Crippen LogP) is 2.05. The minimum absolute atomic E-state index is 0.304. The summed E-state index contributed by atoms with van der Waals surface area (Å²) >= 11 is 5.84. The number of benzene rings is 1. The second-order valence-electron chi connectivity index (χ2n) is 2.66. The minimum Gasteiger partial charge on any atom is -0.462 e. The van der Waals surface area contributed by atoms with Crippen molar-refractivity contribution in [3.05, 3.63) is 34.3 Å². The first kappa shape index (κ1) is 7.62. The Bertz CT molecular complexity index is 333. The monoisotopic (exact) mass is 182 g/mol. The minimum atomic E-state index is -0.304. The molecule has 0 radical (unpaired) electrons. The number of cyclic esters (lactones) is 1. The van der Waals surface area contributed by atoms with Crippen molar-refractivity contribution in [2.45, 2.75) is 6.42 Å². The van der Waals surface area contributed by atoms with Gasteiger partial charge in [-0.3, -0.25) is 0 Å². The van der Waals surface area contributed by atoms with Crippen molar-refractivity contribution in [3.8, 4) is 0 Å². The largest absolute Gasteiger partial charge is 0.462 e. The van der Waals surface area contributed by atoms with Crippen LogP contribution in [-0.2, 0) is 11.2 Å². The lowest BCUT2D eigenvalue weighted by Gasteiger charge is -2.15. The third-order valence-electron chi connectivity index (χ3n) is 1.91. The van der Waals surface area contributed by atoms with Crippen molar-refractivity contribution in [3.63, 3.8) is 0 Å². The van der Waals surface area contributed by atoms with E-state index in [-0.39, 0.29) is 5.97 Å². The van der Waals surface area contributed by atoms with Crippen LogP contribution in [0.5, 0.6) is 0 Å². The average Bonchev–Trinajstić information content (AvgIpc) is 2.04. The summed E-state index contributed by atoms with van der Waals surface area (Å²) in [5.74, 6) is -0.304. The number of fused-ring (bicyclic) bond motifs is 1. The third kappa shape index (κ3) is 1.08. The number of rotatable bonds is 0. The van der Waals surface area contributed by atoms with Crippen LogP contribution in [0.2, 0.25) is 5.02 Å². The number of halogens is 1. The van der Waals surface area contributed by atoms with E-state index in [0.717, 1.165) is 12.0 Å². The van der Waals surface area contributed by atoms with Crippen LogP contribution in [-0.4, -0.2) is 12.6 Å². The Balaban J connectivity index is 2.60. The van der Waals surface area contributed by atoms with E-state index in [0.29, 0.717) is 17.2 Å². The molecule has 1 aromatic carbocycles. The summed E-state index contributed by atoms with van der Waals surface area (Å²) in [6, 6.07) is 5.45. The van der Waals surface area contributed by atoms with E-state index < -0.39 is 0 Å². The van der Waals surface area contributed by atoms with Gasteiger partial charge >= 0.3 is 5.97 Å². The topological polar surface area (TPSA) is 26.3 Å². The van der Waals surface area contributed by atoms with Gasteiger partial charge in [-0.2, -0.15) is 0 Å². The molecule has 1 aliphatic heterocycles. The van der Waals surface area contributed by atoms with E-state index >= 15 is 0 Å². The highest BCUT2D eigenvalue weighted by molar-refractivity contribution is 6.33. The van der Waals surface area contributed by atoms with Gasteiger partial charge in [-0.05, 0) is 11.6 Å². The van der Waals surface area contributed by atoms with Gasteiger partial charge in [-0.25, -0.2) is 4.79 Å². The van der Waals surface area contributed by atoms with Gasteiger partial charge in [0.1, 0.15) is 0 Å². The molecule has 0 aliphatic carbocycles. The van der Waals surface area contributed by atoms with Crippen LogP contribution >= 0.6 is 11.6 Å². The number of ether oxygens (including phenoxy) is 1. The van der Waals surface area contributed by atoms with Crippen LogP contribution in [0.15, 0.2) is 18.2 Å². The van der Waals surface area contributed by atoms with Gasteiger partial charge in [0.15, 0.2) is 0 Å². The smallest absolute Gasteiger partial charge is 0.339 e. The number of hydrogen-bond donors (Lipinski definition) is 0. The average molecular weight is 183 g/mol. The van der Waals surface area contributed by atoms with Crippen molar-refractivity contribution < 1.29 is 9.53 Å². The van der Waals surface area contributed by atoms with E-state index in [1.165, 1.54) is 0 Å². The first-order valence-corrected chi connectivity index (χ1v) is 4.11. The Morgan fingerprint density at radius 2 is 2.25 bits per heavy atom. The van der Waals surface area contributed by atoms with Gasteiger partial charge in [-0.1, -0.05) is 23.7 Å². The molecule has 12 heavy (non-hydrogen) atoms. The van der Waals surface area contributed by atoms with Crippen LogP contribution in [0.1, 0.15) is 15.9 Å². The quantitative estimate of drug-likeness (QED) is 0.574. The van der Waals surface area contributed by atoms with Crippen molar-refractivity contribution >= 4 is 17.6 Å². The van der Waals surface area contributed by atoms with Gasteiger partial charge in [0, 0.05) is 6.42 Å². The summed E-state index contributed by atoms with van der Waals surface area (Å²) in [5.41, 5.74) is 1.52. The van der Waals surface area contributed by atoms with Gasteiger partial charge in [0.2, 0.25) is 0 Å². The maximum atomic E-state index is 11.2. The van der Waals surface area contributed by atoms with Crippen LogP contribution < -0.4 is 0 Å². The Morgan fingerprint density at radius 1 is 1.42 bits per heavy atom. The van der Waals surface area contributed by atoms with E-state index in [2.05, 4.69) is 0 Å². The van der Waals surface area contributed by atoms with E-state index in [1.54, 1.807) is 6.07 Å². The van der Waals surface area contributed by atoms with Gasteiger partial charge in [0.25, 0.3) is 0 Å². The molecule has 2 nitrogen and oxygen atoms in total. The summed E-state index contributed by atoms with van der Waals surface area (Å²) in [4.78, 5) is 11.2. The Labute approximate surface area is 75.1 Å². The van der Waals surface area contributed by atoms with Crippen molar-refractivity contribution in [1.82, 2.24) is 0 Å². The van der Waals surface area contributed by atoms with Gasteiger partial charge < -0.3 is 4.74 Å². The second kappa shape index (κ2) is 2.79. The lowest BCUT2D eigenvalue weighted by atomic mass is 10.0. The molecule has 0 unspecified atom stereocenters. The number of esters is 1. The molecule has 0 N–H and O–H groups in total. The number of carbonyl (C=O) groups excluding carboxylic acids is 1. The van der Waals surface area contributed by atoms with Crippen molar-refractivity contribution in [1.29, 1.82) is 0 Å². The third-order valence-corrected chi connectivity index (χ3v) is 2.22. The van der Waals surface area contributed by atoms with Crippen LogP contribution in [0.3, 0.4) is 0 Å². The normalized spacial score (nSPS) is 15.2. The fourth-order valence-electron chi connectivity index (χ4n) is 1.33. The number of carbonyl (C=O) groups is 1. The molecule has 1 aliphatic rings. The molecule has 0 bridgehead atoms. The fourth-order valence-corrected chi connectivity index (χ4v) is 1.60. The molecule has 0 aromatic heterocycles. The molecular weight excluding hydrogens is 176 g/mol. The van der Waals surface area contributed by atoms with Gasteiger partial charge in [0.05, 0.1) is 17.2 Å². The summed E-state index contributed by atoms with van der Waals surface area (Å²) < 4.78 is 4.86. The summed E-state index contributed by atoms with van der Waals surface area (Å²) in [6.07, 6.45) is 0.766. The van der Waals surface area contributed by atoms with E-state index in [4.69, 9.17) is 16.3 Å². The van der Waals surface area contributed by atoms with Crippen LogP contribution in [0.25, 0.3) is 0 Å².